The van der Waals surface area contributed by atoms with Crippen molar-refractivity contribution in [2.45, 2.75) is 31.1 Å². The first-order valence-corrected chi connectivity index (χ1v) is 11.2. The van der Waals surface area contributed by atoms with E-state index in [9.17, 15) is 0 Å². The molecule has 0 radical (unpaired) electrons. The Morgan fingerprint density at radius 1 is 0.967 bits per heavy atom. The van der Waals surface area contributed by atoms with Crippen LogP contribution >= 0.6 is 12.2 Å². The Balaban J connectivity index is 1.30. The SMILES string of the molecule is S=C(C=C[C@H]1CC1(c1ccccc1)c1ccccc1)NCCCCc1cccnc1. The third-order valence-corrected chi connectivity index (χ3v) is 6.27. The molecule has 152 valence electrons. The molecule has 0 bridgehead atoms. The van der Waals surface area contributed by atoms with E-state index in [1.807, 2.05) is 18.5 Å². The first kappa shape index (κ1) is 20.5. The number of nitrogens with zero attached hydrogens (tertiary/aromatic N) is 1. The molecule has 0 amide bonds. The molecule has 2 nitrogen and oxygen atoms in total. The van der Waals surface area contributed by atoms with Gasteiger partial charge in [-0.3, -0.25) is 4.98 Å². The average Bonchev–Trinajstić information content (AvgIpc) is 3.55. The van der Waals surface area contributed by atoms with Crippen molar-refractivity contribution in [2.24, 2.45) is 5.92 Å². The standard InChI is InChI=1S/C27H28N2S/c30-26(29-19-8-7-10-22-11-9-18-28-21-22)17-16-25-20-27(25,23-12-3-1-4-13-23)24-14-5-2-6-15-24/h1-6,9,11-18,21,25H,7-8,10,19-20H2,(H,29,30)/t25-/m0/s1. The summed E-state index contributed by atoms with van der Waals surface area (Å²) in [6, 6.07) is 25.8. The molecule has 1 aliphatic carbocycles. The monoisotopic (exact) mass is 412 g/mol. The minimum Gasteiger partial charge on any atom is -0.376 e. The molecule has 4 rings (SSSR count). The second-order valence-corrected chi connectivity index (χ2v) is 8.42. The molecule has 3 heteroatoms. The Bertz CT molecular complexity index is 928. The van der Waals surface area contributed by atoms with Crippen molar-refractivity contribution in [3.63, 3.8) is 0 Å². The highest BCUT2D eigenvalue weighted by atomic mass is 32.1. The van der Waals surface area contributed by atoms with Crippen LogP contribution in [0.25, 0.3) is 0 Å². The molecule has 1 heterocycles. The zero-order chi connectivity index (χ0) is 20.7. The van der Waals surface area contributed by atoms with Crippen LogP contribution in [0.1, 0.15) is 36.0 Å². The van der Waals surface area contributed by atoms with E-state index in [0.717, 1.165) is 37.2 Å². The van der Waals surface area contributed by atoms with E-state index in [0.29, 0.717) is 5.92 Å². The van der Waals surface area contributed by atoms with E-state index in [4.69, 9.17) is 12.2 Å². The Kier molecular flexibility index (Phi) is 6.70. The smallest absolute Gasteiger partial charge is 0.0984 e. The number of nitrogens with one attached hydrogen (secondary N) is 1. The predicted octanol–water partition coefficient (Wildman–Crippen LogP) is 5.88. The lowest BCUT2D eigenvalue weighted by Gasteiger charge is -2.18. The molecule has 0 unspecified atom stereocenters. The molecule has 2 aromatic carbocycles. The van der Waals surface area contributed by atoms with Gasteiger partial charge in [-0.15, -0.1) is 0 Å². The van der Waals surface area contributed by atoms with E-state index >= 15 is 0 Å². The summed E-state index contributed by atoms with van der Waals surface area (Å²) in [5, 5.41) is 3.39. The topological polar surface area (TPSA) is 24.9 Å². The van der Waals surface area contributed by atoms with Crippen LogP contribution < -0.4 is 5.32 Å². The van der Waals surface area contributed by atoms with Gasteiger partial charge in [-0.25, -0.2) is 0 Å². The summed E-state index contributed by atoms with van der Waals surface area (Å²) in [6.45, 7) is 0.913. The van der Waals surface area contributed by atoms with Crippen molar-refractivity contribution in [1.82, 2.24) is 10.3 Å². The fourth-order valence-electron chi connectivity index (χ4n) is 4.30. The van der Waals surface area contributed by atoms with Crippen LogP contribution in [0.3, 0.4) is 0 Å². The Morgan fingerprint density at radius 2 is 1.67 bits per heavy atom. The van der Waals surface area contributed by atoms with Crippen LogP contribution in [0.2, 0.25) is 0 Å². The number of aryl methyl sites for hydroxylation is 1. The zero-order valence-electron chi connectivity index (χ0n) is 17.2. The third kappa shape index (κ3) is 4.85. The van der Waals surface area contributed by atoms with Crippen molar-refractivity contribution in [3.05, 3.63) is 114 Å². The molecule has 1 saturated carbocycles. The first-order chi connectivity index (χ1) is 14.8. The van der Waals surface area contributed by atoms with E-state index in [1.54, 1.807) is 0 Å². The van der Waals surface area contributed by atoms with Crippen molar-refractivity contribution >= 4 is 17.2 Å². The van der Waals surface area contributed by atoms with Gasteiger partial charge in [0, 0.05) is 24.4 Å². The molecule has 3 aromatic rings. The lowest BCUT2D eigenvalue weighted by atomic mass is 9.85. The second-order valence-electron chi connectivity index (χ2n) is 7.98. The zero-order valence-corrected chi connectivity index (χ0v) is 18.0. The number of unbranched alkanes of at least 4 members (excludes halogenated alkanes) is 1. The minimum atomic E-state index is 0.0817. The fraction of sp³-hybridized carbons (Fsp3) is 0.259. The van der Waals surface area contributed by atoms with Gasteiger partial charge in [0.2, 0.25) is 0 Å². The Labute approximate surface area is 185 Å². The van der Waals surface area contributed by atoms with E-state index in [2.05, 4.69) is 89.2 Å². The highest BCUT2D eigenvalue weighted by Gasteiger charge is 2.54. The quantitative estimate of drug-likeness (QED) is 0.270. The van der Waals surface area contributed by atoms with Crippen molar-refractivity contribution in [1.29, 1.82) is 0 Å². The molecular formula is C27H28N2S. The Hall–Kier alpha value is -2.78. The van der Waals surface area contributed by atoms with Crippen molar-refractivity contribution in [3.8, 4) is 0 Å². The van der Waals surface area contributed by atoms with Gasteiger partial charge < -0.3 is 5.32 Å². The van der Waals surface area contributed by atoms with Gasteiger partial charge in [0.1, 0.15) is 0 Å². The molecule has 1 fully saturated rings. The van der Waals surface area contributed by atoms with Crippen molar-refractivity contribution in [2.75, 3.05) is 6.54 Å². The third-order valence-electron chi connectivity index (χ3n) is 5.99. The van der Waals surface area contributed by atoms with Gasteiger partial charge >= 0.3 is 0 Å². The highest BCUT2D eigenvalue weighted by molar-refractivity contribution is 7.80. The normalized spacial score (nSPS) is 17.0. The summed E-state index contributed by atoms with van der Waals surface area (Å²) in [5.41, 5.74) is 4.16. The average molecular weight is 413 g/mol. The molecule has 0 saturated heterocycles. The van der Waals surface area contributed by atoms with Gasteiger partial charge in [-0.1, -0.05) is 85.0 Å². The number of benzene rings is 2. The van der Waals surface area contributed by atoms with Gasteiger partial charge in [-0.2, -0.15) is 0 Å². The van der Waals surface area contributed by atoms with Crippen LogP contribution in [-0.2, 0) is 11.8 Å². The number of allylic oxidation sites excluding steroid dienone is 1. The molecule has 1 atom stereocenters. The predicted molar refractivity (Wildman–Crippen MR) is 129 cm³/mol. The van der Waals surface area contributed by atoms with Crippen LogP contribution in [0.5, 0.6) is 0 Å². The van der Waals surface area contributed by atoms with Crippen LogP contribution in [0.15, 0.2) is 97.3 Å². The lowest BCUT2D eigenvalue weighted by molar-refractivity contribution is 0.711. The van der Waals surface area contributed by atoms with Crippen LogP contribution in [0.4, 0.5) is 0 Å². The summed E-state index contributed by atoms with van der Waals surface area (Å²) in [4.78, 5) is 5.00. The highest BCUT2D eigenvalue weighted by Crippen LogP contribution is 2.59. The minimum absolute atomic E-state index is 0.0817. The number of aromatic nitrogens is 1. The summed E-state index contributed by atoms with van der Waals surface area (Å²) in [5.74, 6) is 0.479. The molecule has 0 aliphatic heterocycles. The van der Waals surface area contributed by atoms with E-state index in [-0.39, 0.29) is 5.41 Å². The lowest BCUT2D eigenvalue weighted by Crippen LogP contribution is -2.20. The number of hydrogen-bond donors (Lipinski definition) is 1. The maximum Gasteiger partial charge on any atom is 0.0984 e. The molecule has 1 aliphatic rings. The Morgan fingerprint density at radius 3 is 2.30 bits per heavy atom. The number of rotatable bonds is 9. The first-order valence-electron chi connectivity index (χ1n) is 10.7. The fourth-order valence-corrected chi connectivity index (χ4v) is 4.48. The molecule has 30 heavy (non-hydrogen) atoms. The van der Waals surface area contributed by atoms with Gasteiger partial charge in [0.05, 0.1) is 4.99 Å². The molecule has 0 spiro atoms. The summed E-state index contributed by atoms with van der Waals surface area (Å²) in [6.07, 6.45) is 12.6. The maximum absolute atomic E-state index is 5.54. The van der Waals surface area contributed by atoms with Crippen LogP contribution in [-0.4, -0.2) is 16.5 Å². The van der Waals surface area contributed by atoms with Crippen molar-refractivity contribution < 1.29 is 0 Å². The largest absolute Gasteiger partial charge is 0.376 e. The molecular weight excluding hydrogens is 384 g/mol. The summed E-state index contributed by atoms with van der Waals surface area (Å²) >= 11 is 5.54. The van der Waals surface area contributed by atoms with Gasteiger partial charge in [0.25, 0.3) is 0 Å². The number of thiocarbonyl (C=S) groups is 1. The summed E-state index contributed by atoms with van der Waals surface area (Å²) < 4.78 is 0. The van der Waals surface area contributed by atoms with Crippen LogP contribution in [0, 0.1) is 5.92 Å². The van der Waals surface area contributed by atoms with Gasteiger partial charge in [-0.05, 0) is 60.4 Å². The van der Waals surface area contributed by atoms with E-state index < -0.39 is 0 Å². The van der Waals surface area contributed by atoms with Gasteiger partial charge in [0.15, 0.2) is 0 Å². The maximum atomic E-state index is 5.54. The summed E-state index contributed by atoms with van der Waals surface area (Å²) in [7, 11) is 0. The number of pyridine rings is 1. The van der Waals surface area contributed by atoms with E-state index in [1.165, 1.54) is 16.7 Å². The number of hydrogen-bond acceptors (Lipinski definition) is 2. The molecule has 1 N–H and O–H groups in total. The second kappa shape index (κ2) is 9.82. The molecule has 1 aromatic heterocycles.